The van der Waals surface area contributed by atoms with Gasteiger partial charge in [-0.05, 0) is 45.0 Å². The van der Waals surface area contributed by atoms with Crippen LogP contribution in [0.2, 0.25) is 0 Å². The van der Waals surface area contributed by atoms with E-state index in [4.69, 9.17) is 9.84 Å². The fourth-order valence-corrected chi connectivity index (χ4v) is 1.99. The zero-order chi connectivity index (χ0) is 15.1. The molecular formula is C15H23NO4. The molecule has 0 aliphatic carbocycles. The topological polar surface area (TPSA) is 70.0 Å². The Balaban J connectivity index is 2.72. The molecule has 0 aliphatic heterocycles. The first-order valence-corrected chi connectivity index (χ1v) is 6.75. The van der Waals surface area contributed by atoms with Gasteiger partial charge in [0, 0.05) is 24.6 Å². The van der Waals surface area contributed by atoms with E-state index in [9.17, 15) is 9.90 Å². The molecule has 0 aliphatic rings. The van der Waals surface area contributed by atoms with Crippen molar-refractivity contribution in [2.45, 2.75) is 39.3 Å². The van der Waals surface area contributed by atoms with E-state index in [0.29, 0.717) is 25.3 Å². The van der Waals surface area contributed by atoms with Crippen LogP contribution in [0, 0.1) is 0 Å². The summed E-state index contributed by atoms with van der Waals surface area (Å²) in [5.41, 5.74) is 0.786. The SMILES string of the molecule is COc1ccc(O)c(CN(CCCC(=O)O)C(C)C)c1. The van der Waals surface area contributed by atoms with Crippen molar-refractivity contribution in [3.63, 3.8) is 0 Å². The van der Waals surface area contributed by atoms with Gasteiger partial charge >= 0.3 is 5.97 Å². The number of nitrogens with zero attached hydrogens (tertiary/aromatic N) is 1. The van der Waals surface area contributed by atoms with E-state index >= 15 is 0 Å². The van der Waals surface area contributed by atoms with Gasteiger partial charge in [0.15, 0.2) is 0 Å². The highest BCUT2D eigenvalue weighted by molar-refractivity contribution is 5.66. The molecule has 2 N–H and O–H groups in total. The minimum absolute atomic E-state index is 0.160. The molecule has 0 fully saturated rings. The normalized spacial score (nSPS) is 11.1. The number of phenols is 1. The first kappa shape index (κ1) is 16.3. The molecule has 0 bridgehead atoms. The Morgan fingerprint density at radius 3 is 2.65 bits per heavy atom. The summed E-state index contributed by atoms with van der Waals surface area (Å²) in [6.45, 7) is 5.36. The number of carbonyl (C=O) groups is 1. The van der Waals surface area contributed by atoms with E-state index in [-0.39, 0.29) is 18.2 Å². The van der Waals surface area contributed by atoms with Gasteiger partial charge in [0.25, 0.3) is 0 Å². The van der Waals surface area contributed by atoms with E-state index in [1.54, 1.807) is 19.2 Å². The van der Waals surface area contributed by atoms with Gasteiger partial charge in [0.05, 0.1) is 7.11 Å². The van der Waals surface area contributed by atoms with E-state index in [0.717, 1.165) is 5.56 Å². The molecule has 1 aromatic rings. The number of aliphatic carboxylic acids is 1. The fraction of sp³-hybridized carbons (Fsp3) is 0.533. The largest absolute Gasteiger partial charge is 0.508 e. The minimum Gasteiger partial charge on any atom is -0.508 e. The quantitative estimate of drug-likeness (QED) is 0.766. The monoisotopic (exact) mass is 281 g/mol. The van der Waals surface area contributed by atoms with Crippen LogP contribution >= 0.6 is 0 Å². The number of hydrogen-bond donors (Lipinski definition) is 2. The number of carboxylic acid groups (broad SMARTS) is 1. The van der Waals surface area contributed by atoms with Crippen molar-refractivity contribution in [1.29, 1.82) is 0 Å². The van der Waals surface area contributed by atoms with Crippen LogP contribution in [0.25, 0.3) is 0 Å². The summed E-state index contributed by atoms with van der Waals surface area (Å²) in [7, 11) is 1.59. The van der Waals surface area contributed by atoms with Crippen molar-refractivity contribution in [2.75, 3.05) is 13.7 Å². The lowest BCUT2D eigenvalue weighted by molar-refractivity contribution is -0.137. The highest BCUT2D eigenvalue weighted by atomic mass is 16.5. The maximum atomic E-state index is 10.6. The molecule has 0 unspecified atom stereocenters. The average Bonchev–Trinajstić information content (AvgIpc) is 2.39. The smallest absolute Gasteiger partial charge is 0.303 e. The zero-order valence-electron chi connectivity index (χ0n) is 12.3. The van der Waals surface area contributed by atoms with Crippen molar-refractivity contribution in [3.8, 4) is 11.5 Å². The third-order valence-electron chi connectivity index (χ3n) is 3.23. The summed E-state index contributed by atoms with van der Waals surface area (Å²) in [5.74, 6) is 0.152. The molecule has 1 aromatic carbocycles. The lowest BCUT2D eigenvalue weighted by atomic mass is 10.1. The number of rotatable bonds is 8. The first-order chi connectivity index (χ1) is 9.43. The molecule has 20 heavy (non-hydrogen) atoms. The van der Waals surface area contributed by atoms with Crippen LogP contribution in [0.5, 0.6) is 11.5 Å². The molecule has 0 spiro atoms. The first-order valence-electron chi connectivity index (χ1n) is 6.75. The van der Waals surface area contributed by atoms with Crippen LogP contribution in [0.3, 0.4) is 0 Å². The lowest BCUT2D eigenvalue weighted by Crippen LogP contribution is -2.31. The molecule has 0 amide bonds. The van der Waals surface area contributed by atoms with Gasteiger partial charge in [-0.1, -0.05) is 0 Å². The maximum Gasteiger partial charge on any atom is 0.303 e. The van der Waals surface area contributed by atoms with Crippen LogP contribution in [-0.4, -0.2) is 40.8 Å². The number of carboxylic acids is 1. The van der Waals surface area contributed by atoms with Crippen LogP contribution in [0.4, 0.5) is 0 Å². The second-order valence-corrected chi connectivity index (χ2v) is 5.06. The van der Waals surface area contributed by atoms with Gasteiger partial charge in [0.2, 0.25) is 0 Å². The van der Waals surface area contributed by atoms with Crippen LogP contribution in [0.15, 0.2) is 18.2 Å². The molecule has 0 saturated heterocycles. The average molecular weight is 281 g/mol. The number of hydrogen-bond acceptors (Lipinski definition) is 4. The van der Waals surface area contributed by atoms with Crippen molar-refractivity contribution in [2.24, 2.45) is 0 Å². The summed E-state index contributed by atoms with van der Waals surface area (Å²) >= 11 is 0. The van der Waals surface area contributed by atoms with Crippen LogP contribution < -0.4 is 4.74 Å². The molecule has 0 aromatic heterocycles. The fourth-order valence-electron chi connectivity index (χ4n) is 1.99. The second-order valence-electron chi connectivity index (χ2n) is 5.06. The predicted octanol–water partition coefficient (Wildman–Crippen LogP) is 2.48. The maximum absolute atomic E-state index is 10.6. The molecule has 0 heterocycles. The number of aromatic hydroxyl groups is 1. The van der Waals surface area contributed by atoms with E-state index < -0.39 is 5.97 Å². The van der Waals surface area contributed by atoms with E-state index in [1.165, 1.54) is 0 Å². The van der Waals surface area contributed by atoms with Crippen LogP contribution in [-0.2, 0) is 11.3 Å². The van der Waals surface area contributed by atoms with Gasteiger partial charge in [0.1, 0.15) is 11.5 Å². The van der Waals surface area contributed by atoms with E-state index in [2.05, 4.69) is 18.7 Å². The molecule has 0 atom stereocenters. The molecule has 5 heteroatoms. The molecule has 0 saturated carbocycles. The standard InChI is InChI=1S/C15H23NO4/c1-11(2)16(8-4-5-15(18)19)10-12-9-13(20-3)6-7-14(12)17/h6-7,9,11,17H,4-5,8,10H2,1-3H3,(H,18,19). The Morgan fingerprint density at radius 1 is 1.40 bits per heavy atom. The summed E-state index contributed by atoms with van der Waals surface area (Å²) in [4.78, 5) is 12.7. The molecule has 0 radical (unpaired) electrons. The third kappa shape index (κ3) is 5.09. The Morgan fingerprint density at radius 2 is 2.10 bits per heavy atom. The number of phenolic OH excluding ortho intramolecular Hbond substituents is 1. The summed E-state index contributed by atoms with van der Waals surface area (Å²) in [6, 6.07) is 5.41. The number of ether oxygens (including phenoxy) is 1. The van der Waals surface area contributed by atoms with E-state index in [1.807, 2.05) is 6.07 Å². The van der Waals surface area contributed by atoms with Gasteiger partial charge < -0.3 is 14.9 Å². The zero-order valence-corrected chi connectivity index (χ0v) is 12.3. The van der Waals surface area contributed by atoms with Gasteiger partial charge in [-0.2, -0.15) is 0 Å². The van der Waals surface area contributed by atoms with Crippen molar-refractivity contribution in [1.82, 2.24) is 4.90 Å². The third-order valence-corrected chi connectivity index (χ3v) is 3.23. The highest BCUT2D eigenvalue weighted by Crippen LogP contribution is 2.25. The second kappa shape index (κ2) is 7.75. The Kier molecular flexibility index (Phi) is 6.31. The molecular weight excluding hydrogens is 258 g/mol. The van der Waals surface area contributed by atoms with Gasteiger partial charge in [-0.15, -0.1) is 0 Å². The summed E-state index contributed by atoms with van der Waals surface area (Å²) in [6.07, 6.45) is 0.756. The van der Waals surface area contributed by atoms with Crippen molar-refractivity contribution >= 4 is 5.97 Å². The predicted molar refractivity (Wildman–Crippen MR) is 77.1 cm³/mol. The molecule has 1 rings (SSSR count). The Bertz CT molecular complexity index is 445. The molecule has 112 valence electrons. The highest BCUT2D eigenvalue weighted by Gasteiger charge is 2.13. The van der Waals surface area contributed by atoms with Crippen molar-refractivity contribution in [3.05, 3.63) is 23.8 Å². The van der Waals surface area contributed by atoms with Crippen molar-refractivity contribution < 1.29 is 19.7 Å². The number of benzene rings is 1. The summed E-state index contributed by atoms with van der Waals surface area (Å²) < 4.78 is 5.16. The van der Waals surface area contributed by atoms with Gasteiger partial charge in [-0.3, -0.25) is 9.69 Å². The minimum atomic E-state index is -0.780. The molecule has 5 nitrogen and oxygen atoms in total. The Labute approximate surface area is 119 Å². The summed E-state index contributed by atoms with van der Waals surface area (Å²) in [5, 5.41) is 18.6. The number of methoxy groups -OCH3 is 1. The lowest BCUT2D eigenvalue weighted by Gasteiger charge is -2.26. The van der Waals surface area contributed by atoms with Gasteiger partial charge in [-0.25, -0.2) is 0 Å². The van der Waals surface area contributed by atoms with Crippen LogP contribution in [0.1, 0.15) is 32.3 Å². The Hall–Kier alpha value is -1.75.